The van der Waals surface area contributed by atoms with Gasteiger partial charge in [-0.2, -0.15) is 0 Å². The molecule has 1 aromatic carbocycles. The highest BCUT2D eigenvalue weighted by Gasteiger charge is 2.09. The van der Waals surface area contributed by atoms with Crippen LogP contribution in [0.2, 0.25) is 0 Å². The zero-order valence-electron chi connectivity index (χ0n) is 12.2. The molecule has 1 rings (SSSR count). The van der Waals surface area contributed by atoms with Gasteiger partial charge in [-0.1, -0.05) is 13.2 Å². The van der Waals surface area contributed by atoms with Crippen LogP contribution in [0.15, 0.2) is 49.6 Å². The predicted molar refractivity (Wildman–Crippen MR) is 82.6 cm³/mol. The number of benzene rings is 1. The maximum Gasteiger partial charge on any atom is 0.330 e. The molecule has 0 unspecified atom stereocenters. The number of carbonyl (C=O) groups excluding carboxylic acids is 2. The Kier molecular flexibility index (Phi) is 7.25. The summed E-state index contributed by atoms with van der Waals surface area (Å²) in [5, 5.41) is 9.32. The molecule has 0 aliphatic rings. The minimum Gasteiger partial charge on any atom is -0.508 e. The van der Waals surface area contributed by atoms with Crippen molar-refractivity contribution in [2.45, 2.75) is 0 Å². The third kappa shape index (κ3) is 6.13. The lowest BCUT2D eigenvalue weighted by atomic mass is 10.2. The van der Waals surface area contributed by atoms with Gasteiger partial charge < -0.3 is 19.5 Å². The first-order chi connectivity index (χ1) is 10.6. The Morgan fingerprint density at radius 2 is 1.45 bits per heavy atom. The van der Waals surface area contributed by atoms with E-state index >= 15 is 0 Å². The number of aromatic hydroxyl groups is 1. The second-order valence-electron chi connectivity index (χ2n) is 4.25. The quantitative estimate of drug-likeness (QED) is 0.552. The van der Waals surface area contributed by atoms with Gasteiger partial charge in [-0.3, -0.25) is 0 Å². The number of ether oxygens (including phenoxy) is 2. The van der Waals surface area contributed by atoms with Crippen molar-refractivity contribution in [2.75, 3.05) is 31.2 Å². The van der Waals surface area contributed by atoms with Crippen LogP contribution in [0.25, 0.3) is 0 Å². The summed E-state index contributed by atoms with van der Waals surface area (Å²) in [6.45, 7) is 7.80. The van der Waals surface area contributed by atoms with Gasteiger partial charge in [0.15, 0.2) is 0 Å². The molecule has 0 saturated heterocycles. The Bertz CT molecular complexity index is 498. The van der Waals surface area contributed by atoms with Crippen LogP contribution in [-0.2, 0) is 19.1 Å². The van der Waals surface area contributed by atoms with Gasteiger partial charge in [0.2, 0.25) is 0 Å². The van der Waals surface area contributed by atoms with Gasteiger partial charge in [0.05, 0.1) is 13.1 Å². The van der Waals surface area contributed by atoms with E-state index in [0.29, 0.717) is 13.1 Å². The minimum absolute atomic E-state index is 0.153. The maximum absolute atomic E-state index is 11.0. The smallest absolute Gasteiger partial charge is 0.330 e. The molecule has 0 radical (unpaired) electrons. The molecule has 6 heteroatoms. The van der Waals surface area contributed by atoms with Crippen LogP contribution in [0, 0.1) is 0 Å². The third-order valence-corrected chi connectivity index (χ3v) is 2.76. The van der Waals surface area contributed by atoms with Crippen molar-refractivity contribution in [1.82, 2.24) is 0 Å². The van der Waals surface area contributed by atoms with Crippen LogP contribution in [0.1, 0.15) is 0 Å². The Balaban J connectivity index is 2.61. The van der Waals surface area contributed by atoms with Gasteiger partial charge in [-0.15, -0.1) is 0 Å². The summed E-state index contributed by atoms with van der Waals surface area (Å²) in [4.78, 5) is 24.0. The summed E-state index contributed by atoms with van der Waals surface area (Å²) in [5.41, 5.74) is 0.808. The van der Waals surface area contributed by atoms with Crippen LogP contribution < -0.4 is 4.90 Å². The lowest BCUT2D eigenvalue weighted by molar-refractivity contribution is -0.137. The number of phenols is 1. The molecule has 1 N–H and O–H groups in total. The molecule has 118 valence electrons. The minimum atomic E-state index is -0.497. The number of anilines is 1. The summed E-state index contributed by atoms with van der Waals surface area (Å²) in [6.07, 6.45) is 2.19. The van der Waals surface area contributed by atoms with E-state index in [-0.39, 0.29) is 19.0 Å². The zero-order chi connectivity index (χ0) is 16.4. The van der Waals surface area contributed by atoms with Gasteiger partial charge in [-0.25, -0.2) is 9.59 Å². The number of phenolic OH excluding ortho intramolecular Hbond substituents is 1. The van der Waals surface area contributed by atoms with E-state index < -0.39 is 11.9 Å². The average molecular weight is 305 g/mol. The molecular formula is C16H19NO5. The number of hydrogen-bond acceptors (Lipinski definition) is 6. The van der Waals surface area contributed by atoms with Crippen molar-refractivity contribution < 1.29 is 24.2 Å². The Morgan fingerprint density at radius 3 is 1.86 bits per heavy atom. The highest BCUT2D eigenvalue weighted by molar-refractivity contribution is 5.81. The molecule has 0 aliphatic carbocycles. The predicted octanol–water partition coefficient (Wildman–Crippen LogP) is 1.66. The van der Waals surface area contributed by atoms with E-state index in [4.69, 9.17) is 9.47 Å². The molecule has 0 saturated carbocycles. The summed E-state index contributed by atoms with van der Waals surface area (Å²) < 4.78 is 9.89. The Labute approximate surface area is 129 Å². The lowest BCUT2D eigenvalue weighted by Gasteiger charge is -2.24. The molecule has 0 amide bonds. The fourth-order valence-corrected chi connectivity index (χ4v) is 1.66. The largest absolute Gasteiger partial charge is 0.508 e. The highest BCUT2D eigenvalue weighted by Crippen LogP contribution is 2.18. The second-order valence-corrected chi connectivity index (χ2v) is 4.25. The van der Waals surface area contributed by atoms with Crippen molar-refractivity contribution in [3.8, 4) is 5.75 Å². The van der Waals surface area contributed by atoms with Crippen molar-refractivity contribution in [2.24, 2.45) is 0 Å². The first-order valence-electron chi connectivity index (χ1n) is 6.69. The topological polar surface area (TPSA) is 76.1 Å². The molecule has 0 heterocycles. The standard InChI is InChI=1S/C16H19NO5/c1-3-15(19)21-11-9-17(10-12-22-16(20)4-2)13-5-7-14(18)8-6-13/h3-8,18H,1-2,9-12H2. The van der Waals surface area contributed by atoms with Gasteiger partial charge in [0.25, 0.3) is 0 Å². The van der Waals surface area contributed by atoms with E-state index in [0.717, 1.165) is 17.8 Å². The molecule has 22 heavy (non-hydrogen) atoms. The van der Waals surface area contributed by atoms with Crippen molar-refractivity contribution in [3.05, 3.63) is 49.6 Å². The maximum atomic E-state index is 11.0. The van der Waals surface area contributed by atoms with E-state index in [1.807, 2.05) is 4.90 Å². The number of nitrogens with zero attached hydrogens (tertiary/aromatic N) is 1. The summed E-state index contributed by atoms with van der Waals surface area (Å²) in [6, 6.07) is 6.54. The monoisotopic (exact) mass is 305 g/mol. The lowest BCUT2D eigenvalue weighted by Crippen LogP contribution is -2.31. The average Bonchev–Trinajstić information content (AvgIpc) is 2.53. The van der Waals surface area contributed by atoms with Gasteiger partial charge in [0, 0.05) is 17.8 Å². The van der Waals surface area contributed by atoms with Crippen molar-refractivity contribution in [1.29, 1.82) is 0 Å². The van der Waals surface area contributed by atoms with Gasteiger partial charge in [-0.05, 0) is 24.3 Å². The normalized spacial score (nSPS) is 9.64. The zero-order valence-corrected chi connectivity index (χ0v) is 12.2. The SMILES string of the molecule is C=CC(=O)OCCN(CCOC(=O)C=C)c1ccc(O)cc1. The number of esters is 2. The number of carbonyl (C=O) groups is 2. The number of rotatable bonds is 9. The van der Waals surface area contributed by atoms with Crippen molar-refractivity contribution in [3.63, 3.8) is 0 Å². The first kappa shape index (κ1) is 17.3. The third-order valence-electron chi connectivity index (χ3n) is 2.76. The molecule has 0 aromatic heterocycles. The molecule has 0 fully saturated rings. The van der Waals surface area contributed by atoms with E-state index in [1.165, 1.54) is 0 Å². The summed E-state index contributed by atoms with van der Waals surface area (Å²) in [7, 11) is 0. The van der Waals surface area contributed by atoms with Crippen LogP contribution >= 0.6 is 0 Å². The molecular weight excluding hydrogens is 286 g/mol. The van der Waals surface area contributed by atoms with E-state index in [1.54, 1.807) is 24.3 Å². The van der Waals surface area contributed by atoms with Crippen LogP contribution in [0.4, 0.5) is 5.69 Å². The van der Waals surface area contributed by atoms with Crippen molar-refractivity contribution >= 4 is 17.6 Å². The fraction of sp³-hybridized carbons (Fsp3) is 0.250. The van der Waals surface area contributed by atoms with E-state index in [9.17, 15) is 14.7 Å². The first-order valence-corrected chi connectivity index (χ1v) is 6.69. The van der Waals surface area contributed by atoms with E-state index in [2.05, 4.69) is 13.2 Å². The number of hydrogen-bond donors (Lipinski definition) is 1. The molecule has 0 aliphatic heterocycles. The molecule has 0 atom stereocenters. The summed E-state index contributed by atoms with van der Waals surface area (Å²) in [5.74, 6) is -0.840. The van der Waals surface area contributed by atoms with Gasteiger partial charge >= 0.3 is 11.9 Å². The fourth-order valence-electron chi connectivity index (χ4n) is 1.66. The molecule has 0 bridgehead atoms. The van der Waals surface area contributed by atoms with Crippen LogP contribution in [-0.4, -0.2) is 43.3 Å². The van der Waals surface area contributed by atoms with Gasteiger partial charge in [0.1, 0.15) is 19.0 Å². The van der Waals surface area contributed by atoms with Crippen LogP contribution in [0.3, 0.4) is 0 Å². The Morgan fingerprint density at radius 1 is 1.00 bits per heavy atom. The molecule has 0 spiro atoms. The second kappa shape index (κ2) is 9.23. The highest BCUT2D eigenvalue weighted by atomic mass is 16.5. The Hall–Kier alpha value is -2.76. The molecule has 6 nitrogen and oxygen atoms in total. The summed E-state index contributed by atoms with van der Waals surface area (Å²) >= 11 is 0. The molecule has 1 aromatic rings. The van der Waals surface area contributed by atoms with Crippen LogP contribution in [0.5, 0.6) is 5.75 Å².